The van der Waals surface area contributed by atoms with Crippen molar-refractivity contribution < 1.29 is 18.7 Å². The minimum absolute atomic E-state index is 0.100. The Kier molecular flexibility index (Phi) is 4.90. The topological polar surface area (TPSA) is 77.8 Å². The minimum Gasteiger partial charge on any atom is -0.497 e. The van der Waals surface area contributed by atoms with Crippen LogP contribution >= 0.6 is 0 Å². The molecule has 3 rings (SSSR count). The molecule has 0 aliphatic carbocycles. The SMILES string of the molecule is COc1cccc(NC(=O)C#Cc2coc3cc(OC)ccc3c2=O)c1. The Morgan fingerprint density at radius 1 is 1.08 bits per heavy atom. The van der Waals surface area contributed by atoms with Gasteiger partial charge in [0.05, 0.1) is 19.6 Å². The van der Waals surface area contributed by atoms with Gasteiger partial charge in [0.2, 0.25) is 5.43 Å². The van der Waals surface area contributed by atoms with Crippen molar-refractivity contribution in [3.05, 3.63) is 64.5 Å². The lowest BCUT2D eigenvalue weighted by Gasteiger charge is -2.03. The standard InChI is InChI=1S/C20H15NO5/c1-24-15-5-3-4-14(10-15)21-19(22)9-6-13-12-26-18-11-16(25-2)7-8-17(18)20(13)23/h3-5,7-8,10-12H,1-2H3,(H,21,22). The molecule has 1 N–H and O–H groups in total. The quantitative estimate of drug-likeness (QED) is 0.736. The first-order valence-electron chi connectivity index (χ1n) is 7.67. The molecule has 0 atom stereocenters. The van der Waals surface area contributed by atoms with Gasteiger partial charge in [0.15, 0.2) is 0 Å². The second kappa shape index (κ2) is 7.45. The van der Waals surface area contributed by atoms with Crippen LogP contribution in [-0.4, -0.2) is 20.1 Å². The fourth-order valence-electron chi connectivity index (χ4n) is 2.31. The smallest absolute Gasteiger partial charge is 0.300 e. The summed E-state index contributed by atoms with van der Waals surface area (Å²) in [5.41, 5.74) is 0.723. The number of nitrogens with one attached hydrogen (secondary N) is 1. The van der Waals surface area contributed by atoms with Gasteiger partial charge in [-0.15, -0.1) is 0 Å². The molecule has 0 spiro atoms. The van der Waals surface area contributed by atoms with E-state index in [0.717, 1.165) is 0 Å². The molecule has 3 aromatic rings. The van der Waals surface area contributed by atoms with Crippen LogP contribution < -0.4 is 20.2 Å². The number of ether oxygens (including phenoxy) is 2. The third-order valence-electron chi connectivity index (χ3n) is 3.62. The van der Waals surface area contributed by atoms with Crippen molar-refractivity contribution in [3.8, 4) is 23.3 Å². The van der Waals surface area contributed by atoms with E-state index in [9.17, 15) is 9.59 Å². The van der Waals surface area contributed by atoms with E-state index in [-0.39, 0.29) is 11.0 Å². The first-order valence-corrected chi connectivity index (χ1v) is 7.67. The van der Waals surface area contributed by atoms with Gasteiger partial charge in [-0.25, -0.2) is 0 Å². The van der Waals surface area contributed by atoms with Crippen molar-refractivity contribution in [1.82, 2.24) is 0 Å². The van der Waals surface area contributed by atoms with Crippen molar-refractivity contribution in [3.63, 3.8) is 0 Å². The fourth-order valence-corrected chi connectivity index (χ4v) is 2.31. The van der Waals surface area contributed by atoms with Crippen LogP contribution in [0.4, 0.5) is 5.69 Å². The molecule has 1 heterocycles. The number of hydrogen-bond acceptors (Lipinski definition) is 5. The molecular formula is C20H15NO5. The highest BCUT2D eigenvalue weighted by atomic mass is 16.5. The van der Waals surface area contributed by atoms with E-state index in [1.165, 1.54) is 20.5 Å². The molecule has 0 unspecified atom stereocenters. The van der Waals surface area contributed by atoms with E-state index in [1.54, 1.807) is 42.5 Å². The molecule has 6 nitrogen and oxygen atoms in total. The van der Waals surface area contributed by atoms with Gasteiger partial charge < -0.3 is 19.2 Å². The Morgan fingerprint density at radius 2 is 1.85 bits per heavy atom. The average molecular weight is 349 g/mol. The molecule has 26 heavy (non-hydrogen) atoms. The predicted octanol–water partition coefficient (Wildman–Crippen LogP) is 2.80. The average Bonchev–Trinajstić information content (AvgIpc) is 2.67. The number of amides is 1. The number of anilines is 1. The number of rotatable bonds is 3. The second-order valence-corrected chi connectivity index (χ2v) is 5.28. The second-order valence-electron chi connectivity index (χ2n) is 5.28. The lowest BCUT2D eigenvalue weighted by Crippen LogP contribution is -2.10. The molecule has 0 aliphatic heterocycles. The van der Waals surface area contributed by atoms with E-state index < -0.39 is 5.91 Å². The van der Waals surface area contributed by atoms with E-state index >= 15 is 0 Å². The van der Waals surface area contributed by atoms with Crippen LogP contribution in [0.5, 0.6) is 11.5 Å². The molecule has 0 saturated carbocycles. The zero-order valence-corrected chi connectivity index (χ0v) is 14.2. The summed E-state index contributed by atoms with van der Waals surface area (Å²) in [4.78, 5) is 24.4. The fraction of sp³-hybridized carbons (Fsp3) is 0.100. The van der Waals surface area contributed by atoms with Crippen molar-refractivity contribution in [2.24, 2.45) is 0 Å². The number of carbonyl (C=O) groups excluding carboxylic acids is 1. The zero-order valence-electron chi connectivity index (χ0n) is 14.2. The highest BCUT2D eigenvalue weighted by Gasteiger charge is 2.07. The van der Waals surface area contributed by atoms with E-state index in [1.807, 2.05) is 0 Å². The third kappa shape index (κ3) is 3.68. The van der Waals surface area contributed by atoms with Crippen LogP contribution in [0.1, 0.15) is 5.56 Å². The van der Waals surface area contributed by atoms with Gasteiger partial charge in [-0.1, -0.05) is 6.07 Å². The van der Waals surface area contributed by atoms with E-state index in [2.05, 4.69) is 17.2 Å². The summed E-state index contributed by atoms with van der Waals surface area (Å²) >= 11 is 0. The molecule has 2 aromatic carbocycles. The summed E-state index contributed by atoms with van der Waals surface area (Å²) in [6.07, 6.45) is 1.23. The van der Waals surface area contributed by atoms with Crippen LogP contribution in [0.2, 0.25) is 0 Å². The number of benzene rings is 2. The van der Waals surface area contributed by atoms with Gasteiger partial charge >= 0.3 is 5.91 Å². The number of fused-ring (bicyclic) bond motifs is 1. The highest BCUT2D eigenvalue weighted by molar-refractivity contribution is 6.04. The molecule has 0 saturated heterocycles. The van der Waals surface area contributed by atoms with Gasteiger partial charge in [0, 0.05) is 23.7 Å². The molecular weight excluding hydrogens is 334 g/mol. The van der Waals surface area contributed by atoms with Crippen LogP contribution in [0.3, 0.4) is 0 Å². The van der Waals surface area contributed by atoms with Gasteiger partial charge in [0.1, 0.15) is 28.9 Å². The van der Waals surface area contributed by atoms with Gasteiger partial charge in [-0.05, 0) is 30.2 Å². The Balaban J connectivity index is 1.84. The largest absolute Gasteiger partial charge is 0.497 e. The summed E-state index contributed by atoms with van der Waals surface area (Å²) in [5, 5.41) is 2.98. The number of hydrogen-bond donors (Lipinski definition) is 1. The number of carbonyl (C=O) groups is 1. The normalized spacial score (nSPS) is 9.92. The Hall–Kier alpha value is -3.72. The minimum atomic E-state index is -0.549. The summed E-state index contributed by atoms with van der Waals surface area (Å²) in [5.74, 6) is 5.58. The molecule has 1 aromatic heterocycles. The maximum absolute atomic E-state index is 12.4. The van der Waals surface area contributed by atoms with Crippen molar-refractivity contribution in [1.29, 1.82) is 0 Å². The van der Waals surface area contributed by atoms with Gasteiger partial charge in [-0.3, -0.25) is 9.59 Å². The molecule has 130 valence electrons. The first kappa shape index (κ1) is 17.1. The molecule has 0 fully saturated rings. The maximum Gasteiger partial charge on any atom is 0.300 e. The third-order valence-corrected chi connectivity index (χ3v) is 3.62. The lowest BCUT2D eigenvalue weighted by atomic mass is 10.1. The van der Waals surface area contributed by atoms with Crippen LogP contribution in [0.15, 0.2) is 57.9 Å². The molecule has 0 radical (unpaired) electrons. The summed E-state index contributed by atoms with van der Waals surface area (Å²) in [6, 6.07) is 11.7. The van der Waals surface area contributed by atoms with Crippen molar-refractivity contribution in [2.45, 2.75) is 0 Å². The maximum atomic E-state index is 12.4. The highest BCUT2D eigenvalue weighted by Crippen LogP contribution is 2.19. The monoisotopic (exact) mass is 349 g/mol. The molecule has 1 amide bonds. The van der Waals surface area contributed by atoms with Crippen LogP contribution in [-0.2, 0) is 4.79 Å². The molecule has 6 heteroatoms. The lowest BCUT2D eigenvalue weighted by molar-refractivity contribution is -0.111. The molecule has 0 aliphatic rings. The van der Waals surface area contributed by atoms with Crippen molar-refractivity contribution in [2.75, 3.05) is 19.5 Å². The number of methoxy groups -OCH3 is 2. The Bertz CT molecular complexity index is 1090. The first-order chi connectivity index (χ1) is 12.6. The van der Waals surface area contributed by atoms with Gasteiger partial charge in [0.25, 0.3) is 0 Å². The summed E-state index contributed by atoms with van der Waals surface area (Å²) in [7, 11) is 3.06. The predicted molar refractivity (Wildman–Crippen MR) is 97.5 cm³/mol. The Labute approximate surface area is 149 Å². The van der Waals surface area contributed by atoms with E-state index in [0.29, 0.717) is 28.2 Å². The molecule has 0 bridgehead atoms. The van der Waals surface area contributed by atoms with Gasteiger partial charge in [-0.2, -0.15) is 0 Å². The van der Waals surface area contributed by atoms with Crippen LogP contribution in [0.25, 0.3) is 11.0 Å². The Morgan fingerprint density at radius 3 is 2.62 bits per heavy atom. The van der Waals surface area contributed by atoms with E-state index in [4.69, 9.17) is 13.9 Å². The van der Waals surface area contributed by atoms with Crippen LogP contribution in [0, 0.1) is 11.8 Å². The zero-order chi connectivity index (χ0) is 18.5. The summed E-state index contributed by atoms with van der Waals surface area (Å²) in [6.45, 7) is 0. The van der Waals surface area contributed by atoms with Crippen molar-refractivity contribution >= 4 is 22.6 Å². The summed E-state index contributed by atoms with van der Waals surface area (Å²) < 4.78 is 15.6.